The molecule has 32 heavy (non-hydrogen) atoms. The lowest BCUT2D eigenvalue weighted by Crippen LogP contribution is -2.14. The van der Waals surface area contributed by atoms with Crippen LogP contribution in [0.3, 0.4) is 0 Å². The Bertz CT molecular complexity index is 1420. The molecule has 0 bridgehead atoms. The number of fused-ring (bicyclic) bond motifs is 1. The standard InChI is InChI=1S/C25H16F2N4O/c26-18-13-19(27)15-20(14-18)28-25(32)23-29-24(17-8-2-1-3-9-17)31(30-23)22-12-6-10-16-7-4-5-11-21(16)22/h1-15H,(H,28,32). The smallest absolute Gasteiger partial charge is 0.295 e. The van der Waals surface area contributed by atoms with Crippen LogP contribution < -0.4 is 5.32 Å². The fraction of sp³-hybridized carbons (Fsp3) is 0. The van der Waals surface area contributed by atoms with E-state index in [1.807, 2.05) is 72.8 Å². The Balaban J connectivity index is 1.63. The van der Waals surface area contributed by atoms with E-state index in [1.165, 1.54) is 0 Å². The Labute approximate surface area is 182 Å². The fourth-order valence-corrected chi connectivity index (χ4v) is 3.56. The van der Waals surface area contributed by atoms with Crippen molar-refractivity contribution in [2.24, 2.45) is 0 Å². The van der Waals surface area contributed by atoms with Crippen LogP contribution >= 0.6 is 0 Å². The second kappa shape index (κ2) is 8.03. The Morgan fingerprint density at radius 2 is 1.50 bits per heavy atom. The van der Waals surface area contributed by atoms with E-state index >= 15 is 0 Å². The van der Waals surface area contributed by atoms with Crippen LogP contribution in [0.1, 0.15) is 10.6 Å². The van der Waals surface area contributed by atoms with Gasteiger partial charge in [-0.3, -0.25) is 4.79 Å². The largest absolute Gasteiger partial charge is 0.319 e. The Kier molecular flexibility index (Phi) is 4.91. The first-order valence-corrected chi connectivity index (χ1v) is 9.86. The molecule has 0 fully saturated rings. The first-order chi connectivity index (χ1) is 15.6. The molecule has 1 aromatic heterocycles. The maximum absolute atomic E-state index is 13.5. The van der Waals surface area contributed by atoms with Crippen molar-refractivity contribution in [2.75, 3.05) is 5.32 Å². The maximum atomic E-state index is 13.5. The summed E-state index contributed by atoms with van der Waals surface area (Å²) < 4.78 is 28.6. The van der Waals surface area contributed by atoms with Crippen molar-refractivity contribution in [3.05, 3.63) is 108 Å². The van der Waals surface area contributed by atoms with Gasteiger partial charge in [-0.05, 0) is 23.6 Å². The van der Waals surface area contributed by atoms with Crippen molar-refractivity contribution in [2.45, 2.75) is 0 Å². The summed E-state index contributed by atoms with van der Waals surface area (Å²) in [5, 5.41) is 8.87. The molecule has 0 saturated carbocycles. The van der Waals surface area contributed by atoms with E-state index in [-0.39, 0.29) is 11.5 Å². The zero-order chi connectivity index (χ0) is 22.1. The van der Waals surface area contributed by atoms with Crippen molar-refractivity contribution in [1.29, 1.82) is 0 Å². The molecule has 4 aromatic carbocycles. The summed E-state index contributed by atoms with van der Waals surface area (Å²) in [5.74, 6) is -1.91. The summed E-state index contributed by atoms with van der Waals surface area (Å²) in [7, 11) is 0. The predicted octanol–water partition coefficient (Wildman–Crippen LogP) is 5.62. The molecule has 5 rings (SSSR count). The molecule has 156 valence electrons. The van der Waals surface area contributed by atoms with Gasteiger partial charge in [0.1, 0.15) is 11.6 Å². The summed E-state index contributed by atoms with van der Waals surface area (Å²) in [6, 6.07) is 25.8. The lowest BCUT2D eigenvalue weighted by Gasteiger charge is -2.09. The molecule has 1 N–H and O–H groups in total. The van der Waals surface area contributed by atoms with Crippen LogP contribution in [0.15, 0.2) is 91.0 Å². The van der Waals surface area contributed by atoms with E-state index in [0.717, 1.165) is 40.2 Å². The van der Waals surface area contributed by atoms with Crippen molar-refractivity contribution < 1.29 is 13.6 Å². The number of hydrogen-bond acceptors (Lipinski definition) is 3. The molecule has 5 nitrogen and oxygen atoms in total. The van der Waals surface area contributed by atoms with Crippen molar-refractivity contribution in [1.82, 2.24) is 14.8 Å². The predicted molar refractivity (Wildman–Crippen MR) is 119 cm³/mol. The normalized spacial score (nSPS) is 10.9. The van der Waals surface area contributed by atoms with Gasteiger partial charge in [-0.1, -0.05) is 66.7 Å². The molecular weight excluding hydrogens is 410 g/mol. The number of carbonyl (C=O) groups is 1. The number of anilines is 1. The van der Waals surface area contributed by atoms with E-state index in [9.17, 15) is 13.6 Å². The van der Waals surface area contributed by atoms with Gasteiger partial charge in [-0.15, -0.1) is 5.10 Å². The lowest BCUT2D eigenvalue weighted by molar-refractivity contribution is 0.101. The number of rotatable bonds is 4. The van der Waals surface area contributed by atoms with Crippen LogP contribution in [0.4, 0.5) is 14.5 Å². The fourth-order valence-electron chi connectivity index (χ4n) is 3.56. The average Bonchev–Trinajstić information content (AvgIpc) is 3.24. The van der Waals surface area contributed by atoms with Gasteiger partial charge in [0.2, 0.25) is 5.82 Å². The Morgan fingerprint density at radius 3 is 2.28 bits per heavy atom. The molecule has 0 atom stereocenters. The van der Waals surface area contributed by atoms with Crippen LogP contribution in [0.25, 0.3) is 27.8 Å². The van der Waals surface area contributed by atoms with Gasteiger partial charge in [0.15, 0.2) is 5.82 Å². The third-order valence-corrected chi connectivity index (χ3v) is 4.96. The van der Waals surface area contributed by atoms with Gasteiger partial charge >= 0.3 is 0 Å². The number of carbonyl (C=O) groups excluding carboxylic acids is 1. The lowest BCUT2D eigenvalue weighted by atomic mass is 10.1. The highest BCUT2D eigenvalue weighted by Gasteiger charge is 2.20. The van der Waals surface area contributed by atoms with Crippen LogP contribution in [0.5, 0.6) is 0 Å². The molecule has 0 aliphatic carbocycles. The number of nitrogens with one attached hydrogen (secondary N) is 1. The first kappa shape index (κ1) is 19.6. The number of nitrogens with zero attached hydrogens (tertiary/aromatic N) is 3. The number of aromatic nitrogens is 3. The van der Waals surface area contributed by atoms with Crippen molar-refractivity contribution in [3.63, 3.8) is 0 Å². The van der Waals surface area contributed by atoms with E-state index in [4.69, 9.17) is 0 Å². The van der Waals surface area contributed by atoms with Gasteiger partial charge in [-0.25, -0.2) is 18.4 Å². The van der Waals surface area contributed by atoms with Crippen LogP contribution in [-0.2, 0) is 0 Å². The quantitative estimate of drug-likeness (QED) is 0.406. The van der Waals surface area contributed by atoms with Gasteiger partial charge in [-0.2, -0.15) is 0 Å². The number of amides is 1. The average molecular weight is 426 g/mol. The Morgan fingerprint density at radius 1 is 0.812 bits per heavy atom. The molecule has 7 heteroatoms. The summed E-state index contributed by atoms with van der Waals surface area (Å²) in [4.78, 5) is 17.3. The third-order valence-electron chi connectivity index (χ3n) is 4.96. The Hall–Kier alpha value is -4.39. The van der Waals surface area contributed by atoms with E-state index in [2.05, 4.69) is 15.4 Å². The van der Waals surface area contributed by atoms with E-state index < -0.39 is 17.5 Å². The SMILES string of the molecule is O=C(Nc1cc(F)cc(F)c1)c1nc(-c2ccccc2)n(-c2cccc3ccccc23)n1. The zero-order valence-electron chi connectivity index (χ0n) is 16.7. The van der Waals surface area contributed by atoms with Crippen LogP contribution in [0.2, 0.25) is 0 Å². The minimum atomic E-state index is -0.792. The highest BCUT2D eigenvalue weighted by molar-refractivity contribution is 6.02. The molecule has 1 amide bonds. The summed E-state index contributed by atoms with van der Waals surface area (Å²) in [6.45, 7) is 0. The zero-order valence-corrected chi connectivity index (χ0v) is 16.7. The summed E-state index contributed by atoms with van der Waals surface area (Å²) in [5.41, 5.74) is 1.50. The van der Waals surface area contributed by atoms with E-state index in [0.29, 0.717) is 5.82 Å². The third kappa shape index (κ3) is 3.72. The number of benzene rings is 4. The van der Waals surface area contributed by atoms with Gasteiger partial charge in [0.05, 0.1) is 5.69 Å². The second-order valence-electron chi connectivity index (χ2n) is 7.15. The molecule has 0 unspecified atom stereocenters. The number of hydrogen-bond donors (Lipinski definition) is 1. The minimum absolute atomic E-state index is 0.0183. The molecule has 0 radical (unpaired) electrons. The molecule has 0 aliphatic heterocycles. The maximum Gasteiger partial charge on any atom is 0.295 e. The minimum Gasteiger partial charge on any atom is -0.319 e. The van der Waals surface area contributed by atoms with Crippen molar-refractivity contribution in [3.8, 4) is 17.1 Å². The topological polar surface area (TPSA) is 59.8 Å². The molecule has 0 saturated heterocycles. The molecule has 5 aromatic rings. The monoisotopic (exact) mass is 426 g/mol. The molecule has 0 aliphatic rings. The summed E-state index contributed by atoms with van der Waals surface area (Å²) in [6.07, 6.45) is 0. The highest BCUT2D eigenvalue weighted by atomic mass is 19.1. The van der Waals surface area contributed by atoms with Gasteiger partial charge in [0, 0.05) is 22.7 Å². The number of halogens is 2. The van der Waals surface area contributed by atoms with Gasteiger partial charge < -0.3 is 5.32 Å². The molecular formula is C25H16F2N4O. The first-order valence-electron chi connectivity index (χ1n) is 9.86. The van der Waals surface area contributed by atoms with Crippen molar-refractivity contribution >= 4 is 22.4 Å². The van der Waals surface area contributed by atoms with Gasteiger partial charge in [0.25, 0.3) is 5.91 Å². The van der Waals surface area contributed by atoms with E-state index in [1.54, 1.807) is 4.68 Å². The summed E-state index contributed by atoms with van der Waals surface area (Å²) >= 11 is 0. The molecule has 1 heterocycles. The van der Waals surface area contributed by atoms with Crippen LogP contribution in [0, 0.1) is 11.6 Å². The second-order valence-corrected chi connectivity index (χ2v) is 7.15. The van der Waals surface area contributed by atoms with Crippen LogP contribution in [-0.4, -0.2) is 20.7 Å². The highest BCUT2D eigenvalue weighted by Crippen LogP contribution is 2.27. The molecule has 0 spiro atoms.